The van der Waals surface area contributed by atoms with E-state index in [-0.39, 0.29) is 24.9 Å². The van der Waals surface area contributed by atoms with Gasteiger partial charge in [0.15, 0.2) is 0 Å². The number of nitrogens with zero attached hydrogens (tertiary/aromatic N) is 1. The molecular weight excluding hydrogens is 278 g/mol. The van der Waals surface area contributed by atoms with Crippen LogP contribution in [0.5, 0.6) is 0 Å². The van der Waals surface area contributed by atoms with Crippen LogP contribution < -0.4 is 10.6 Å². The average molecular weight is 299 g/mol. The lowest BCUT2D eigenvalue weighted by Gasteiger charge is -2.15. The van der Waals surface area contributed by atoms with E-state index in [0.29, 0.717) is 19.7 Å². The van der Waals surface area contributed by atoms with Crippen molar-refractivity contribution in [1.29, 1.82) is 0 Å². The maximum absolute atomic E-state index is 11.7. The average Bonchev–Trinajstić information content (AvgIpc) is 2.89. The molecule has 0 aliphatic rings. The van der Waals surface area contributed by atoms with Crippen LogP contribution in [0.4, 0.5) is 0 Å². The smallest absolute Gasteiger partial charge is 0.234 e. The highest BCUT2D eigenvalue weighted by Gasteiger charge is 2.10. The van der Waals surface area contributed by atoms with Gasteiger partial charge >= 0.3 is 0 Å². The molecule has 1 aromatic rings. The summed E-state index contributed by atoms with van der Waals surface area (Å²) in [6.45, 7) is 1.88. The van der Waals surface area contributed by atoms with Crippen LogP contribution in [0.15, 0.2) is 17.5 Å². The van der Waals surface area contributed by atoms with Gasteiger partial charge in [-0.15, -0.1) is 11.3 Å². The predicted molar refractivity (Wildman–Crippen MR) is 78.5 cm³/mol. The van der Waals surface area contributed by atoms with E-state index in [1.807, 2.05) is 17.5 Å². The molecule has 0 aliphatic carbocycles. The SMILES string of the molecule is COCCNC(=O)CN(C)CC(=O)NCc1cccs1. The number of carbonyl (C=O) groups excluding carboxylic acids is 2. The quantitative estimate of drug-likeness (QED) is 0.633. The predicted octanol–water partition coefficient (Wildman–Crippen LogP) is 0.0587. The summed E-state index contributed by atoms with van der Waals surface area (Å²) >= 11 is 1.60. The molecule has 0 saturated carbocycles. The van der Waals surface area contributed by atoms with Gasteiger partial charge in [-0.2, -0.15) is 0 Å². The summed E-state index contributed by atoms with van der Waals surface area (Å²) in [6, 6.07) is 3.92. The minimum atomic E-state index is -0.115. The maximum Gasteiger partial charge on any atom is 0.234 e. The first-order chi connectivity index (χ1) is 9.61. The Kier molecular flexibility index (Phi) is 7.86. The third kappa shape index (κ3) is 7.22. The number of thiophene rings is 1. The van der Waals surface area contributed by atoms with Crippen LogP contribution >= 0.6 is 11.3 Å². The molecule has 2 amide bonds. The first-order valence-corrected chi connectivity index (χ1v) is 7.23. The number of rotatable bonds is 9. The Morgan fingerprint density at radius 1 is 1.30 bits per heavy atom. The molecule has 0 saturated heterocycles. The molecule has 0 aliphatic heterocycles. The van der Waals surface area contributed by atoms with Crippen molar-refractivity contribution in [2.45, 2.75) is 6.54 Å². The molecule has 7 heteroatoms. The van der Waals surface area contributed by atoms with Gasteiger partial charge in [0.1, 0.15) is 0 Å². The Morgan fingerprint density at radius 2 is 2.00 bits per heavy atom. The summed E-state index contributed by atoms with van der Waals surface area (Å²) in [6.07, 6.45) is 0. The Hall–Kier alpha value is -1.44. The van der Waals surface area contributed by atoms with E-state index in [1.165, 1.54) is 0 Å². The van der Waals surface area contributed by atoms with Gasteiger partial charge in [0.25, 0.3) is 0 Å². The largest absolute Gasteiger partial charge is 0.383 e. The standard InChI is InChI=1S/C13H21N3O3S/c1-16(9-12(17)14-5-6-19-2)10-13(18)15-8-11-4-3-7-20-11/h3-4,7H,5-6,8-10H2,1-2H3,(H,14,17)(H,15,18). The van der Waals surface area contributed by atoms with Crippen LogP contribution in [0.25, 0.3) is 0 Å². The lowest BCUT2D eigenvalue weighted by molar-refractivity contribution is -0.124. The van der Waals surface area contributed by atoms with Crippen molar-refractivity contribution in [3.63, 3.8) is 0 Å². The van der Waals surface area contributed by atoms with Crippen LogP contribution in [0, 0.1) is 0 Å². The fourth-order valence-corrected chi connectivity index (χ4v) is 2.19. The van der Waals surface area contributed by atoms with E-state index < -0.39 is 0 Å². The van der Waals surface area contributed by atoms with Crippen molar-refractivity contribution in [3.05, 3.63) is 22.4 Å². The van der Waals surface area contributed by atoms with Gasteiger partial charge in [-0.25, -0.2) is 0 Å². The molecular formula is C13H21N3O3S. The second-order valence-electron chi connectivity index (χ2n) is 4.37. The summed E-state index contributed by atoms with van der Waals surface area (Å²) in [5.74, 6) is -0.207. The van der Waals surface area contributed by atoms with Crippen molar-refractivity contribution >= 4 is 23.2 Å². The normalized spacial score (nSPS) is 10.6. The molecule has 1 heterocycles. The van der Waals surface area contributed by atoms with Gasteiger partial charge in [-0.1, -0.05) is 6.07 Å². The summed E-state index contributed by atoms with van der Waals surface area (Å²) in [5, 5.41) is 7.50. The number of carbonyl (C=O) groups is 2. The van der Waals surface area contributed by atoms with Gasteiger partial charge in [0.05, 0.1) is 26.2 Å². The zero-order valence-corrected chi connectivity index (χ0v) is 12.7. The fourth-order valence-electron chi connectivity index (χ4n) is 1.55. The minimum absolute atomic E-state index is 0.0920. The fraction of sp³-hybridized carbons (Fsp3) is 0.538. The zero-order chi connectivity index (χ0) is 14.8. The topological polar surface area (TPSA) is 70.7 Å². The summed E-state index contributed by atoms with van der Waals surface area (Å²) in [5.41, 5.74) is 0. The molecule has 0 aromatic carbocycles. The highest BCUT2D eigenvalue weighted by atomic mass is 32.1. The Morgan fingerprint density at radius 3 is 2.60 bits per heavy atom. The molecule has 0 radical (unpaired) electrons. The van der Waals surface area contributed by atoms with Crippen molar-refractivity contribution < 1.29 is 14.3 Å². The van der Waals surface area contributed by atoms with E-state index in [0.717, 1.165) is 4.88 Å². The molecule has 2 N–H and O–H groups in total. The molecule has 112 valence electrons. The molecule has 6 nitrogen and oxygen atoms in total. The third-order valence-electron chi connectivity index (χ3n) is 2.50. The van der Waals surface area contributed by atoms with Gasteiger partial charge < -0.3 is 15.4 Å². The van der Waals surface area contributed by atoms with Crippen LogP contribution in [-0.4, -0.2) is 57.1 Å². The van der Waals surface area contributed by atoms with Crippen LogP contribution in [0.2, 0.25) is 0 Å². The van der Waals surface area contributed by atoms with Gasteiger partial charge in [-0.3, -0.25) is 14.5 Å². The molecule has 0 atom stereocenters. The molecule has 0 bridgehead atoms. The van der Waals surface area contributed by atoms with E-state index in [9.17, 15) is 9.59 Å². The van der Waals surface area contributed by atoms with E-state index >= 15 is 0 Å². The Labute approximate surface area is 123 Å². The third-order valence-corrected chi connectivity index (χ3v) is 3.37. The van der Waals surface area contributed by atoms with Crippen LogP contribution in [-0.2, 0) is 20.9 Å². The number of likely N-dealkylation sites (N-methyl/N-ethyl adjacent to an activating group) is 1. The molecule has 0 spiro atoms. The summed E-state index contributed by atoms with van der Waals surface area (Å²) < 4.78 is 4.84. The number of amides is 2. The van der Waals surface area contributed by atoms with E-state index in [1.54, 1.807) is 30.4 Å². The van der Waals surface area contributed by atoms with Gasteiger partial charge in [-0.05, 0) is 18.5 Å². The van der Waals surface area contributed by atoms with E-state index in [2.05, 4.69) is 10.6 Å². The molecule has 0 unspecified atom stereocenters. The highest BCUT2D eigenvalue weighted by molar-refractivity contribution is 7.09. The molecule has 0 fully saturated rings. The number of hydrogen-bond donors (Lipinski definition) is 2. The summed E-state index contributed by atoms with van der Waals surface area (Å²) in [4.78, 5) is 26.0. The van der Waals surface area contributed by atoms with Gasteiger partial charge in [0.2, 0.25) is 11.8 Å². The monoisotopic (exact) mass is 299 g/mol. The van der Waals surface area contributed by atoms with Crippen LogP contribution in [0.3, 0.4) is 0 Å². The van der Waals surface area contributed by atoms with Crippen molar-refractivity contribution in [1.82, 2.24) is 15.5 Å². The second-order valence-corrected chi connectivity index (χ2v) is 5.40. The van der Waals surface area contributed by atoms with Crippen LogP contribution in [0.1, 0.15) is 4.88 Å². The minimum Gasteiger partial charge on any atom is -0.383 e. The second kappa shape index (κ2) is 9.46. The first kappa shape index (κ1) is 16.6. The van der Waals surface area contributed by atoms with Crippen molar-refractivity contribution in [2.75, 3.05) is 40.4 Å². The zero-order valence-electron chi connectivity index (χ0n) is 11.8. The number of ether oxygens (including phenoxy) is 1. The lowest BCUT2D eigenvalue weighted by atomic mass is 10.4. The lowest BCUT2D eigenvalue weighted by Crippen LogP contribution is -2.41. The number of hydrogen-bond acceptors (Lipinski definition) is 5. The maximum atomic E-state index is 11.7. The van der Waals surface area contributed by atoms with Crippen molar-refractivity contribution in [3.8, 4) is 0 Å². The molecule has 1 rings (SSSR count). The number of methoxy groups -OCH3 is 1. The highest BCUT2D eigenvalue weighted by Crippen LogP contribution is 2.07. The Bertz CT molecular complexity index is 409. The van der Waals surface area contributed by atoms with E-state index in [4.69, 9.17) is 4.74 Å². The number of nitrogens with one attached hydrogen (secondary N) is 2. The Balaban J connectivity index is 2.15. The molecule has 20 heavy (non-hydrogen) atoms. The van der Waals surface area contributed by atoms with Gasteiger partial charge in [0, 0.05) is 18.5 Å². The first-order valence-electron chi connectivity index (χ1n) is 6.35. The molecule has 1 aromatic heterocycles. The van der Waals surface area contributed by atoms with Crippen molar-refractivity contribution in [2.24, 2.45) is 0 Å². The summed E-state index contributed by atoms with van der Waals surface area (Å²) in [7, 11) is 3.32.